The van der Waals surface area contributed by atoms with E-state index in [0.29, 0.717) is 0 Å². The van der Waals surface area contributed by atoms with Crippen LogP contribution in [0, 0.1) is 6.92 Å². The van der Waals surface area contributed by atoms with Crippen LogP contribution in [-0.4, -0.2) is 23.1 Å². The number of carbonyl (C=O) groups is 1. The van der Waals surface area contributed by atoms with Crippen LogP contribution in [0.25, 0.3) is 33.2 Å². The van der Waals surface area contributed by atoms with E-state index in [0.717, 1.165) is 77.5 Å². The van der Waals surface area contributed by atoms with Gasteiger partial charge in [-0.3, -0.25) is 4.90 Å². The van der Waals surface area contributed by atoms with Gasteiger partial charge in [0, 0.05) is 28.6 Å². The molecule has 2 amide bonds. The van der Waals surface area contributed by atoms with Crippen molar-refractivity contribution in [1.82, 2.24) is 10.3 Å². The van der Waals surface area contributed by atoms with E-state index in [4.69, 9.17) is 4.98 Å². The summed E-state index contributed by atoms with van der Waals surface area (Å²) in [7, 11) is 0. The average molecular weight is 518 g/mol. The molecule has 2 aliphatic rings. The molecule has 1 N–H and O–H groups in total. The van der Waals surface area contributed by atoms with Gasteiger partial charge in [0.15, 0.2) is 0 Å². The number of hydrogen-bond donors (Lipinski definition) is 1. The summed E-state index contributed by atoms with van der Waals surface area (Å²) in [4.78, 5) is 21.6. The number of rotatable bonds is 5. The van der Waals surface area contributed by atoms with Crippen LogP contribution in [0.5, 0.6) is 0 Å². The molecule has 39 heavy (non-hydrogen) atoms. The van der Waals surface area contributed by atoms with E-state index in [1.54, 1.807) is 0 Å². The Morgan fingerprint density at radius 3 is 2.03 bits per heavy atom. The molecule has 0 saturated heterocycles. The second-order valence-corrected chi connectivity index (χ2v) is 11.4. The number of amides is 2. The van der Waals surface area contributed by atoms with Gasteiger partial charge in [0.25, 0.3) is 0 Å². The Morgan fingerprint density at radius 1 is 0.718 bits per heavy atom. The molecule has 0 atom stereocenters. The molecule has 0 bridgehead atoms. The smallest absolute Gasteiger partial charge is 0.323 e. The molecule has 0 unspecified atom stereocenters. The number of carbonyl (C=O) groups excluding carboxylic acids is 1. The van der Waals surface area contributed by atoms with Crippen molar-refractivity contribution in [1.29, 1.82) is 0 Å². The van der Waals surface area contributed by atoms with Gasteiger partial charge in [0.05, 0.1) is 5.69 Å². The van der Waals surface area contributed by atoms with Crippen molar-refractivity contribution < 1.29 is 4.79 Å². The highest BCUT2D eigenvalue weighted by atomic mass is 16.2. The molecular weight excluding hydrogens is 478 g/mol. The van der Waals surface area contributed by atoms with Gasteiger partial charge in [0.2, 0.25) is 0 Å². The van der Waals surface area contributed by atoms with Crippen molar-refractivity contribution in [2.75, 3.05) is 4.90 Å². The van der Waals surface area contributed by atoms with Crippen LogP contribution in [0.4, 0.5) is 10.6 Å². The van der Waals surface area contributed by atoms with Gasteiger partial charge in [-0.05, 0) is 43.6 Å². The third kappa shape index (κ3) is 5.43. The highest BCUT2D eigenvalue weighted by Crippen LogP contribution is 2.42. The maximum absolute atomic E-state index is 14.2. The minimum atomic E-state index is 0.0218. The number of nitrogens with one attached hydrogen (secondary N) is 1. The first-order valence-electron chi connectivity index (χ1n) is 14.8. The van der Waals surface area contributed by atoms with E-state index >= 15 is 0 Å². The molecule has 0 radical (unpaired) electrons. The van der Waals surface area contributed by atoms with Gasteiger partial charge in [-0.2, -0.15) is 0 Å². The van der Waals surface area contributed by atoms with Gasteiger partial charge in [-0.15, -0.1) is 0 Å². The number of aromatic nitrogens is 1. The number of nitrogens with zero attached hydrogens (tertiary/aromatic N) is 2. The van der Waals surface area contributed by atoms with Gasteiger partial charge < -0.3 is 5.32 Å². The molecule has 2 aliphatic carbocycles. The van der Waals surface area contributed by atoms with Crippen molar-refractivity contribution in [3.8, 4) is 22.4 Å². The van der Waals surface area contributed by atoms with Crippen LogP contribution in [0.1, 0.15) is 69.8 Å². The van der Waals surface area contributed by atoms with Crippen molar-refractivity contribution in [2.45, 2.75) is 83.2 Å². The van der Waals surface area contributed by atoms with E-state index in [1.807, 2.05) is 11.0 Å². The highest BCUT2D eigenvalue weighted by molar-refractivity contribution is 6.10. The van der Waals surface area contributed by atoms with Crippen LogP contribution < -0.4 is 10.2 Å². The number of fused-ring (bicyclic) bond motifs is 1. The topological polar surface area (TPSA) is 45.2 Å². The molecule has 0 aliphatic heterocycles. The molecule has 200 valence electrons. The summed E-state index contributed by atoms with van der Waals surface area (Å²) in [5, 5.41) is 5.61. The molecule has 2 saturated carbocycles. The second-order valence-electron chi connectivity index (χ2n) is 11.4. The van der Waals surface area contributed by atoms with E-state index < -0.39 is 0 Å². The van der Waals surface area contributed by atoms with Crippen molar-refractivity contribution in [2.24, 2.45) is 0 Å². The lowest BCUT2D eigenvalue weighted by atomic mass is 9.91. The third-order valence-electron chi connectivity index (χ3n) is 8.60. The molecule has 4 aromatic rings. The fourth-order valence-electron chi connectivity index (χ4n) is 6.51. The van der Waals surface area contributed by atoms with Crippen LogP contribution >= 0.6 is 0 Å². The van der Waals surface area contributed by atoms with Crippen LogP contribution in [0.15, 0.2) is 78.9 Å². The Bertz CT molecular complexity index is 1420. The molecule has 3 aromatic carbocycles. The molecule has 4 heteroatoms. The zero-order valence-electron chi connectivity index (χ0n) is 23.0. The van der Waals surface area contributed by atoms with E-state index in [1.165, 1.54) is 31.2 Å². The Balaban J connectivity index is 1.56. The molecule has 1 heterocycles. The first kappa shape index (κ1) is 25.6. The van der Waals surface area contributed by atoms with Crippen molar-refractivity contribution >= 4 is 22.6 Å². The summed E-state index contributed by atoms with van der Waals surface area (Å²) in [6, 6.07) is 28.1. The fourth-order valence-corrected chi connectivity index (χ4v) is 6.51. The maximum Gasteiger partial charge on any atom is 0.323 e. The lowest BCUT2D eigenvalue weighted by molar-refractivity contribution is 0.233. The van der Waals surface area contributed by atoms with Crippen molar-refractivity contribution in [3.05, 3.63) is 84.4 Å². The third-order valence-corrected chi connectivity index (χ3v) is 8.60. The quantitative estimate of drug-likeness (QED) is 0.287. The molecule has 0 spiro atoms. The molecular formula is C35H39N3O. The SMILES string of the molecule is Cc1ccc(-c2c(-c3ccccc3)nc(N(C(=O)NC3CCCCC3)C3CCCCC3)c3ccccc23)cc1. The summed E-state index contributed by atoms with van der Waals surface area (Å²) >= 11 is 0. The summed E-state index contributed by atoms with van der Waals surface area (Å²) in [6.45, 7) is 2.12. The van der Waals surface area contributed by atoms with E-state index in [9.17, 15) is 4.79 Å². The Hall–Kier alpha value is -3.66. The predicted molar refractivity (Wildman–Crippen MR) is 162 cm³/mol. The van der Waals surface area contributed by atoms with Gasteiger partial charge in [-0.25, -0.2) is 9.78 Å². The van der Waals surface area contributed by atoms with Gasteiger partial charge >= 0.3 is 6.03 Å². The predicted octanol–water partition coefficient (Wildman–Crippen LogP) is 9.06. The number of hydrogen-bond acceptors (Lipinski definition) is 2. The molecule has 6 rings (SSSR count). The van der Waals surface area contributed by atoms with Crippen LogP contribution in [-0.2, 0) is 0 Å². The number of pyridine rings is 1. The van der Waals surface area contributed by atoms with Crippen LogP contribution in [0.2, 0.25) is 0 Å². The van der Waals surface area contributed by atoms with Crippen LogP contribution in [0.3, 0.4) is 0 Å². The Morgan fingerprint density at radius 2 is 1.33 bits per heavy atom. The normalized spacial score (nSPS) is 16.7. The molecule has 2 fully saturated rings. The minimum absolute atomic E-state index is 0.0218. The zero-order valence-corrected chi connectivity index (χ0v) is 23.0. The summed E-state index contributed by atoms with van der Waals surface area (Å²) in [5.74, 6) is 0.792. The first-order chi connectivity index (χ1) is 19.2. The Labute approximate surface area is 232 Å². The summed E-state index contributed by atoms with van der Waals surface area (Å²) < 4.78 is 0. The first-order valence-corrected chi connectivity index (χ1v) is 14.8. The maximum atomic E-state index is 14.2. The summed E-state index contributed by atoms with van der Waals surface area (Å²) in [6.07, 6.45) is 11.4. The molecule has 1 aromatic heterocycles. The number of anilines is 1. The molecule has 4 nitrogen and oxygen atoms in total. The second kappa shape index (κ2) is 11.6. The zero-order chi connectivity index (χ0) is 26.6. The number of urea groups is 1. The minimum Gasteiger partial charge on any atom is -0.335 e. The summed E-state index contributed by atoms with van der Waals surface area (Å²) in [5.41, 5.74) is 5.50. The van der Waals surface area contributed by atoms with Crippen molar-refractivity contribution in [3.63, 3.8) is 0 Å². The highest BCUT2D eigenvalue weighted by Gasteiger charge is 2.32. The lowest BCUT2D eigenvalue weighted by Crippen LogP contribution is -2.51. The van der Waals surface area contributed by atoms with Gasteiger partial charge in [-0.1, -0.05) is 123 Å². The fraction of sp³-hybridized carbons (Fsp3) is 0.371. The van der Waals surface area contributed by atoms with E-state index in [-0.39, 0.29) is 18.1 Å². The average Bonchev–Trinajstić information content (AvgIpc) is 2.99. The standard InChI is InChI=1S/C35H39N3O/c1-25-21-23-26(24-22-25)32-30-19-11-12-20-31(30)34(37-33(32)27-13-5-2-6-14-27)38(29-17-9-4-10-18-29)35(39)36-28-15-7-3-8-16-28/h2,5-6,11-14,19-24,28-29H,3-4,7-10,15-18H2,1H3,(H,36,39). The van der Waals surface area contributed by atoms with Gasteiger partial charge in [0.1, 0.15) is 5.82 Å². The largest absolute Gasteiger partial charge is 0.335 e. The number of aryl methyl sites for hydroxylation is 1. The Kier molecular flexibility index (Phi) is 7.62. The lowest BCUT2D eigenvalue weighted by Gasteiger charge is -2.36. The number of benzene rings is 3. The van der Waals surface area contributed by atoms with E-state index in [2.05, 4.69) is 85.0 Å². The monoisotopic (exact) mass is 517 g/mol.